The van der Waals surface area contributed by atoms with Crippen LogP contribution in [-0.2, 0) is 0 Å². The fraction of sp³-hybridized carbons (Fsp3) is 0.400. The molecule has 0 heterocycles. The standard InChI is InChI=1S/C8H10S.C2H6.H2/c1-6-3-4-8(9)7(2)5-6;1-2;/h3-5,9H,1-2H3;1-2H3;1H. The van der Waals surface area contributed by atoms with Crippen molar-refractivity contribution in [2.45, 2.75) is 32.6 Å². The summed E-state index contributed by atoms with van der Waals surface area (Å²) in [4.78, 5) is 1.07. The summed E-state index contributed by atoms with van der Waals surface area (Å²) in [6.45, 7) is 8.15. The molecule has 1 aromatic carbocycles. The van der Waals surface area contributed by atoms with Crippen LogP contribution < -0.4 is 0 Å². The molecule has 1 rings (SSSR count). The van der Waals surface area contributed by atoms with E-state index in [0.29, 0.717) is 0 Å². The molecule has 0 aliphatic carbocycles. The number of rotatable bonds is 0. The average molecular weight is 170 g/mol. The van der Waals surface area contributed by atoms with E-state index >= 15 is 0 Å². The molecule has 64 valence electrons. The van der Waals surface area contributed by atoms with E-state index in [1.165, 1.54) is 11.1 Å². The van der Waals surface area contributed by atoms with Crippen molar-refractivity contribution >= 4 is 12.6 Å². The van der Waals surface area contributed by atoms with Gasteiger partial charge < -0.3 is 0 Å². The zero-order valence-electron chi connectivity index (χ0n) is 7.68. The number of aryl methyl sites for hydroxylation is 2. The first-order chi connectivity index (χ1) is 5.20. The Bertz CT molecular complexity index is 221. The van der Waals surface area contributed by atoms with Crippen molar-refractivity contribution in [3.63, 3.8) is 0 Å². The second-order valence-electron chi connectivity index (χ2n) is 2.29. The first-order valence-corrected chi connectivity index (χ1v) is 4.41. The highest BCUT2D eigenvalue weighted by molar-refractivity contribution is 7.80. The summed E-state index contributed by atoms with van der Waals surface area (Å²) in [5.74, 6) is 0. The number of benzene rings is 1. The molecule has 0 amide bonds. The minimum Gasteiger partial charge on any atom is -0.143 e. The molecule has 0 saturated heterocycles. The Hall–Kier alpha value is -0.430. The number of hydrogen-bond acceptors (Lipinski definition) is 1. The maximum atomic E-state index is 4.25. The van der Waals surface area contributed by atoms with Gasteiger partial charge in [-0.05, 0) is 25.5 Å². The Kier molecular flexibility index (Phi) is 5.05. The number of hydrogen-bond donors (Lipinski definition) is 1. The second-order valence-corrected chi connectivity index (χ2v) is 2.77. The van der Waals surface area contributed by atoms with Crippen molar-refractivity contribution in [3.05, 3.63) is 29.3 Å². The van der Waals surface area contributed by atoms with Crippen molar-refractivity contribution in [1.82, 2.24) is 0 Å². The van der Waals surface area contributed by atoms with Crippen LogP contribution in [0.4, 0.5) is 0 Å². The van der Waals surface area contributed by atoms with E-state index in [4.69, 9.17) is 0 Å². The molecular weight excluding hydrogens is 152 g/mol. The van der Waals surface area contributed by atoms with Crippen LogP contribution in [-0.4, -0.2) is 0 Å². The smallest absolute Gasteiger partial charge is 0.00694 e. The lowest BCUT2D eigenvalue weighted by Gasteiger charge is -1.97. The van der Waals surface area contributed by atoms with Gasteiger partial charge in [-0.25, -0.2) is 0 Å². The Morgan fingerprint density at radius 3 is 2.09 bits per heavy atom. The van der Waals surface area contributed by atoms with Crippen molar-refractivity contribution in [2.24, 2.45) is 0 Å². The second kappa shape index (κ2) is 5.25. The molecule has 0 radical (unpaired) electrons. The fourth-order valence-corrected chi connectivity index (χ4v) is 0.944. The molecule has 1 aromatic rings. The van der Waals surface area contributed by atoms with Gasteiger partial charge in [-0.3, -0.25) is 0 Å². The molecule has 0 aromatic heterocycles. The van der Waals surface area contributed by atoms with Crippen molar-refractivity contribution < 1.29 is 1.43 Å². The Balaban J connectivity index is 0. The van der Waals surface area contributed by atoms with Gasteiger partial charge in [-0.2, -0.15) is 0 Å². The Morgan fingerprint density at radius 1 is 1.18 bits per heavy atom. The van der Waals surface area contributed by atoms with Crippen molar-refractivity contribution in [3.8, 4) is 0 Å². The largest absolute Gasteiger partial charge is 0.143 e. The third kappa shape index (κ3) is 3.47. The average Bonchev–Trinajstić information content (AvgIpc) is 2.02. The normalized spacial score (nSPS) is 8.45. The van der Waals surface area contributed by atoms with Gasteiger partial charge in [0.25, 0.3) is 0 Å². The lowest BCUT2D eigenvalue weighted by atomic mass is 10.2. The summed E-state index contributed by atoms with van der Waals surface area (Å²) in [5.41, 5.74) is 2.55. The highest BCUT2D eigenvalue weighted by atomic mass is 32.1. The summed E-state index contributed by atoms with van der Waals surface area (Å²) in [6.07, 6.45) is 0. The summed E-state index contributed by atoms with van der Waals surface area (Å²) < 4.78 is 0. The van der Waals surface area contributed by atoms with Crippen LogP contribution in [0.25, 0.3) is 0 Å². The Labute approximate surface area is 76.5 Å². The van der Waals surface area contributed by atoms with Gasteiger partial charge >= 0.3 is 0 Å². The zero-order chi connectivity index (χ0) is 8.85. The predicted molar refractivity (Wildman–Crippen MR) is 56.6 cm³/mol. The molecule has 0 aliphatic heterocycles. The molecule has 0 bridgehead atoms. The lowest BCUT2D eigenvalue weighted by Crippen LogP contribution is -1.76. The highest BCUT2D eigenvalue weighted by Crippen LogP contribution is 2.13. The van der Waals surface area contributed by atoms with Crippen LogP contribution in [0, 0.1) is 13.8 Å². The molecule has 0 saturated carbocycles. The quantitative estimate of drug-likeness (QED) is 0.561. The first kappa shape index (κ1) is 10.6. The van der Waals surface area contributed by atoms with E-state index < -0.39 is 0 Å². The molecule has 11 heavy (non-hydrogen) atoms. The molecule has 0 atom stereocenters. The first-order valence-electron chi connectivity index (χ1n) is 3.96. The van der Waals surface area contributed by atoms with Crippen LogP contribution in [0.15, 0.2) is 23.1 Å². The number of thiol groups is 1. The van der Waals surface area contributed by atoms with Crippen molar-refractivity contribution in [2.75, 3.05) is 0 Å². The van der Waals surface area contributed by atoms with Gasteiger partial charge in [0.2, 0.25) is 0 Å². The topological polar surface area (TPSA) is 0 Å². The van der Waals surface area contributed by atoms with Gasteiger partial charge in [-0.15, -0.1) is 12.6 Å². The van der Waals surface area contributed by atoms with Crippen LogP contribution >= 0.6 is 12.6 Å². The van der Waals surface area contributed by atoms with E-state index in [1.807, 2.05) is 19.9 Å². The molecule has 0 spiro atoms. The monoisotopic (exact) mass is 170 g/mol. The molecule has 0 unspecified atom stereocenters. The van der Waals surface area contributed by atoms with Crippen LogP contribution in [0.1, 0.15) is 26.4 Å². The van der Waals surface area contributed by atoms with E-state index in [9.17, 15) is 0 Å². The molecule has 0 fully saturated rings. The maximum absolute atomic E-state index is 4.25. The van der Waals surface area contributed by atoms with E-state index in [2.05, 4.69) is 38.6 Å². The van der Waals surface area contributed by atoms with Crippen LogP contribution in [0.5, 0.6) is 0 Å². The molecule has 0 N–H and O–H groups in total. The van der Waals surface area contributed by atoms with E-state index in [-0.39, 0.29) is 1.43 Å². The highest BCUT2D eigenvalue weighted by Gasteiger charge is 1.89. The predicted octanol–water partition coefficient (Wildman–Crippen LogP) is 3.86. The van der Waals surface area contributed by atoms with Gasteiger partial charge in [0.1, 0.15) is 0 Å². The maximum Gasteiger partial charge on any atom is 0.00694 e. The van der Waals surface area contributed by atoms with E-state index in [1.54, 1.807) is 0 Å². The van der Waals surface area contributed by atoms with Crippen LogP contribution in [0.3, 0.4) is 0 Å². The summed E-state index contributed by atoms with van der Waals surface area (Å²) in [7, 11) is 0. The summed E-state index contributed by atoms with van der Waals surface area (Å²) in [6, 6.07) is 6.21. The molecule has 0 aliphatic rings. The van der Waals surface area contributed by atoms with Crippen LogP contribution in [0.2, 0.25) is 0 Å². The Morgan fingerprint density at radius 2 is 1.73 bits per heavy atom. The third-order valence-electron chi connectivity index (χ3n) is 1.35. The van der Waals surface area contributed by atoms with Gasteiger partial charge in [0.05, 0.1) is 0 Å². The van der Waals surface area contributed by atoms with Crippen molar-refractivity contribution in [1.29, 1.82) is 0 Å². The summed E-state index contributed by atoms with van der Waals surface area (Å²) in [5, 5.41) is 0. The molecular formula is C10H18S. The van der Waals surface area contributed by atoms with Gasteiger partial charge in [-0.1, -0.05) is 31.5 Å². The minimum absolute atomic E-state index is 0. The SMILES string of the molecule is CC.Cc1ccc(S)c(C)c1.[HH]. The van der Waals surface area contributed by atoms with Gasteiger partial charge in [0.15, 0.2) is 0 Å². The fourth-order valence-electron chi connectivity index (χ4n) is 0.805. The molecule has 1 heteroatoms. The minimum atomic E-state index is 0. The lowest BCUT2D eigenvalue weighted by molar-refractivity contribution is 1.27. The third-order valence-corrected chi connectivity index (χ3v) is 1.85. The van der Waals surface area contributed by atoms with Gasteiger partial charge in [0, 0.05) is 6.32 Å². The zero-order valence-corrected chi connectivity index (χ0v) is 8.57. The van der Waals surface area contributed by atoms with E-state index in [0.717, 1.165) is 4.90 Å². The summed E-state index contributed by atoms with van der Waals surface area (Å²) >= 11 is 4.25. The molecule has 0 nitrogen and oxygen atoms in total.